The van der Waals surface area contributed by atoms with E-state index >= 15 is 0 Å². The number of aryl methyl sites for hydroxylation is 1. The van der Waals surface area contributed by atoms with E-state index in [0.717, 1.165) is 30.6 Å². The summed E-state index contributed by atoms with van der Waals surface area (Å²) >= 11 is 11.0. The third-order valence-corrected chi connectivity index (χ3v) is 4.21. The van der Waals surface area contributed by atoms with Crippen LogP contribution in [0, 0.1) is 6.92 Å². The molecule has 86 valence electrons. The first-order chi connectivity index (χ1) is 8.13. The molecule has 0 aliphatic rings. The van der Waals surface area contributed by atoms with Gasteiger partial charge in [0.25, 0.3) is 0 Å². The minimum absolute atomic E-state index is 0.787. The highest BCUT2D eigenvalue weighted by molar-refractivity contribution is 9.10. The third-order valence-electron chi connectivity index (χ3n) is 2.53. The molecule has 0 fully saturated rings. The van der Waals surface area contributed by atoms with Crippen molar-refractivity contribution >= 4 is 44.5 Å². The molecule has 3 aromatic heterocycles. The second kappa shape index (κ2) is 4.12. The lowest BCUT2D eigenvalue weighted by Crippen LogP contribution is -1.86. The van der Waals surface area contributed by atoms with Crippen LogP contribution in [-0.4, -0.2) is 9.38 Å². The fourth-order valence-electron chi connectivity index (χ4n) is 1.80. The van der Waals surface area contributed by atoms with Crippen molar-refractivity contribution in [2.24, 2.45) is 0 Å². The third kappa shape index (κ3) is 2.01. The van der Waals surface area contributed by atoms with Crippen LogP contribution < -0.4 is 0 Å². The lowest BCUT2D eigenvalue weighted by molar-refractivity contribution is 1.15. The number of hydrogen-bond acceptors (Lipinski definition) is 2. The number of halogens is 2. The van der Waals surface area contributed by atoms with Crippen molar-refractivity contribution in [3.63, 3.8) is 0 Å². The van der Waals surface area contributed by atoms with E-state index in [1.165, 1.54) is 0 Å². The highest BCUT2D eigenvalue weighted by atomic mass is 79.9. The summed E-state index contributed by atoms with van der Waals surface area (Å²) in [7, 11) is 0. The van der Waals surface area contributed by atoms with Crippen LogP contribution >= 0.6 is 38.9 Å². The Labute approximate surface area is 116 Å². The topological polar surface area (TPSA) is 17.3 Å². The Morgan fingerprint density at radius 3 is 2.88 bits per heavy atom. The van der Waals surface area contributed by atoms with E-state index in [1.54, 1.807) is 11.3 Å². The van der Waals surface area contributed by atoms with Crippen LogP contribution in [0.2, 0.25) is 4.34 Å². The van der Waals surface area contributed by atoms with E-state index in [2.05, 4.69) is 33.9 Å². The highest BCUT2D eigenvalue weighted by Crippen LogP contribution is 2.31. The van der Waals surface area contributed by atoms with Gasteiger partial charge in [0.1, 0.15) is 5.65 Å². The van der Waals surface area contributed by atoms with Crippen molar-refractivity contribution in [3.8, 4) is 10.6 Å². The first-order valence-corrected chi connectivity index (χ1v) is 7.03. The molecule has 0 saturated heterocycles. The van der Waals surface area contributed by atoms with Gasteiger partial charge in [0.05, 0.1) is 14.9 Å². The van der Waals surface area contributed by atoms with Gasteiger partial charge in [-0.1, -0.05) is 11.6 Å². The second-order valence-corrected chi connectivity index (χ2v) is 6.43. The highest BCUT2D eigenvalue weighted by Gasteiger charge is 2.08. The van der Waals surface area contributed by atoms with Crippen LogP contribution in [0.5, 0.6) is 0 Å². The molecule has 0 saturated carbocycles. The van der Waals surface area contributed by atoms with Crippen LogP contribution in [0.3, 0.4) is 0 Å². The molecule has 0 bridgehead atoms. The molecule has 0 N–H and O–H groups in total. The number of imidazole rings is 1. The molecular weight excluding hydrogens is 320 g/mol. The molecule has 0 unspecified atom stereocenters. The van der Waals surface area contributed by atoms with Gasteiger partial charge < -0.3 is 4.40 Å². The summed E-state index contributed by atoms with van der Waals surface area (Å²) in [6.07, 6.45) is 4.03. The van der Waals surface area contributed by atoms with Gasteiger partial charge in [0.2, 0.25) is 0 Å². The zero-order chi connectivity index (χ0) is 12.0. The van der Waals surface area contributed by atoms with Crippen molar-refractivity contribution in [2.45, 2.75) is 6.92 Å². The Morgan fingerprint density at radius 1 is 1.35 bits per heavy atom. The maximum atomic E-state index is 5.94. The number of aromatic nitrogens is 2. The Hall–Kier alpha value is -0.840. The molecule has 3 aromatic rings. The van der Waals surface area contributed by atoms with Crippen LogP contribution in [0.15, 0.2) is 35.1 Å². The average Bonchev–Trinajstić information content (AvgIpc) is 2.83. The average molecular weight is 328 g/mol. The van der Waals surface area contributed by atoms with Gasteiger partial charge in [-0.2, -0.15) is 0 Å². The van der Waals surface area contributed by atoms with Crippen LogP contribution in [0.25, 0.3) is 16.2 Å². The SMILES string of the molecule is Cc1cc(Br)cn2cc(-c3ccc(Cl)s3)nc12. The minimum atomic E-state index is 0.787. The Balaban J connectivity index is 2.23. The fraction of sp³-hybridized carbons (Fsp3) is 0.0833. The van der Waals surface area contributed by atoms with E-state index in [9.17, 15) is 0 Å². The van der Waals surface area contributed by atoms with E-state index in [4.69, 9.17) is 11.6 Å². The van der Waals surface area contributed by atoms with Crippen LogP contribution in [-0.2, 0) is 0 Å². The number of rotatable bonds is 1. The summed E-state index contributed by atoms with van der Waals surface area (Å²) in [5.74, 6) is 0. The van der Waals surface area contributed by atoms with E-state index in [-0.39, 0.29) is 0 Å². The van der Waals surface area contributed by atoms with Gasteiger partial charge in [-0.05, 0) is 46.6 Å². The number of thiophene rings is 1. The largest absolute Gasteiger partial charge is 0.305 e. The smallest absolute Gasteiger partial charge is 0.140 e. The first kappa shape index (κ1) is 11.3. The lowest BCUT2D eigenvalue weighted by Gasteiger charge is -1.97. The number of hydrogen-bond donors (Lipinski definition) is 0. The summed E-state index contributed by atoms with van der Waals surface area (Å²) in [4.78, 5) is 5.72. The molecule has 0 aliphatic heterocycles. The quantitative estimate of drug-likeness (QED) is 0.628. The van der Waals surface area contributed by atoms with Gasteiger partial charge in [-0.25, -0.2) is 4.98 Å². The molecular formula is C12H8BrClN2S. The normalized spacial score (nSPS) is 11.2. The Bertz CT molecular complexity index is 702. The predicted molar refractivity (Wildman–Crippen MR) is 76.0 cm³/mol. The monoisotopic (exact) mass is 326 g/mol. The van der Waals surface area contributed by atoms with E-state index in [1.807, 2.05) is 28.9 Å². The van der Waals surface area contributed by atoms with Crippen molar-refractivity contribution in [3.05, 3.63) is 45.0 Å². The molecule has 17 heavy (non-hydrogen) atoms. The molecule has 0 aromatic carbocycles. The number of nitrogens with zero attached hydrogens (tertiary/aromatic N) is 2. The summed E-state index contributed by atoms with van der Waals surface area (Å²) in [6, 6.07) is 5.96. The second-order valence-electron chi connectivity index (χ2n) is 3.80. The maximum absolute atomic E-state index is 5.94. The molecule has 0 amide bonds. The van der Waals surface area contributed by atoms with Gasteiger partial charge in [-0.15, -0.1) is 11.3 Å². The van der Waals surface area contributed by atoms with Crippen molar-refractivity contribution in [1.82, 2.24) is 9.38 Å². The van der Waals surface area contributed by atoms with Crippen LogP contribution in [0.1, 0.15) is 5.56 Å². The van der Waals surface area contributed by atoms with E-state index < -0.39 is 0 Å². The zero-order valence-corrected chi connectivity index (χ0v) is 12.1. The summed E-state index contributed by atoms with van der Waals surface area (Å²) in [6.45, 7) is 2.05. The summed E-state index contributed by atoms with van der Waals surface area (Å²) < 4.78 is 3.87. The zero-order valence-electron chi connectivity index (χ0n) is 8.95. The van der Waals surface area contributed by atoms with Gasteiger partial charge >= 0.3 is 0 Å². The molecule has 0 aliphatic carbocycles. The van der Waals surface area contributed by atoms with E-state index in [0.29, 0.717) is 0 Å². The Kier molecular flexibility index (Phi) is 2.73. The van der Waals surface area contributed by atoms with Gasteiger partial charge in [0.15, 0.2) is 0 Å². The molecule has 0 atom stereocenters. The van der Waals surface area contributed by atoms with Crippen molar-refractivity contribution < 1.29 is 0 Å². The lowest BCUT2D eigenvalue weighted by atomic mass is 10.3. The van der Waals surface area contributed by atoms with Crippen molar-refractivity contribution in [2.75, 3.05) is 0 Å². The molecule has 3 heterocycles. The predicted octanol–water partition coefficient (Wildman–Crippen LogP) is 4.79. The number of pyridine rings is 1. The van der Waals surface area contributed by atoms with Crippen LogP contribution in [0.4, 0.5) is 0 Å². The number of fused-ring (bicyclic) bond motifs is 1. The minimum Gasteiger partial charge on any atom is -0.305 e. The Morgan fingerprint density at radius 2 is 2.18 bits per heavy atom. The first-order valence-electron chi connectivity index (χ1n) is 5.04. The van der Waals surface area contributed by atoms with Gasteiger partial charge in [0, 0.05) is 16.9 Å². The molecule has 0 radical (unpaired) electrons. The maximum Gasteiger partial charge on any atom is 0.140 e. The molecule has 3 rings (SSSR count). The standard InChI is InChI=1S/C12H8BrClN2S/c1-7-4-8(13)5-16-6-9(15-12(7)16)10-2-3-11(14)17-10/h2-6H,1H3. The molecule has 0 spiro atoms. The summed E-state index contributed by atoms with van der Waals surface area (Å²) in [5.41, 5.74) is 3.09. The summed E-state index contributed by atoms with van der Waals surface area (Å²) in [5, 5.41) is 0. The molecule has 5 heteroatoms. The van der Waals surface area contributed by atoms with Crippen molar-refractivity contribution in [1.29, 1.82) is 0 Å². The molecule has 2 nitrogen and oxygen atoms in total. The fourth-order valence-corrected chi connectivity index (χ4v) is 3.36. The van der Waals surface area contributed by atoms with Gasteiger partial charge in [-0.3, -0.25) is 0 Å².